The first-order valence-electron chi connectivity index (χ1n) is 13.3. The van der Waals surface area contributed by atoms with E-state index in [1.807, 2.05) is 6.07 Å². The third-order valence-electron chi connectivity index (χ3n) is 6.29. The van der Waals surface area contributed by atoms with Gasteiger partial charge in [0.05, 0.1) is 40.5 Å². The summed E-state index contributed by atoms with van der Waals surface area (Å²) in [5.74, 6) is -0.229. The molecule has 13 heteroatoms. The maximum Gasteiger partial charge on any atom is 0.338 e. The maximum atomic E-state index is 12.8. The number of hydrogen-bond donors (Lipinski definition) is 3. The number of para-hydroxylation sites is 1. The number of esters is 1. The van der Waals surface area contributed by atoms with Crippen LogP contribution in [0.2, 0.25) is 5.02 Å². The number of ether oxygens (including phenoxy) is 3. The quantitative estimate of drug-likeness (QED) is 0.104. The molecule has 0 saturated heterocycles. The second-order valence-electron chi connectivity index (χ2n) is 9.27. The number of benzene rings is 3. The van der Waals surface area contributed by atoms with Crippen LogP contribution in [0.5, 0.6) is 11.5 Å². The minimum atomic E-state index is -0.653. The lowest BCUT2D eigenvalue weighted by Crippen LogP contribution is -2.45. The highest BCUT2D eigenvalue weighted by atomic mass is 79.9. The molecule has 1 aliphatic heterocycles. The van der Waals surface area contributed by atoms with Crippen LogP contribution >= 0.6 is 39.7 Å². The highest BCUT2D eigenvalue weighted by molar-refractivity contribution is 9.10. The van der Waals surface area contributed by atoms with Crippen molar-refractivity contribution in [2.75, 3.05) is 13.2 Å². The van der Waals surface area contributed by atoms with Gasteiger partial charge in [-0.2, -0.15) is 10.4 Å². The van der Waals surface area contributed by atoms with Gasteiger partial charge in [-0.15, -0.1) is 0 Å². The topological polar surface area (TPSA) is 134 Å². The van der Waals surface area contributed by atoms with Crippen molar-refractivity contribution in [3.63, 3.8) is 0 Å². The number of halogens is 2. The molecule has 44 heavy (non-hydrogen) atoms. The fourth-order valence-corrected chi connectivity index (χ4v) is 5.56. The SMILES string of the molecule is CCOC(=O)C1=C(C)NC(=S)N[C@H]1c1ccccc1OCC(=O)NN=Cc1cc(Cl)cc(Br)c1OCc1ccccc1C#N. The minimum Gasteiger partial charge on any atom is -0.487 e. The lowest BCUT2D eigenvalue weighted by molar-refractivity contribution is -0.139. The molecular weight excluding hydrogens is 670 g/mol. The van der Waals surface area contributed by atoms with Gasteiger partial charge in [-0.05, 0) is 66.3 Å². The molecule has 0 bridgehead atoms. The summed E-state index contributed by atoms with van der Waals surface area (Å²) in [4.78, 5) is 25.4. The van der Waals surface area contributed by atoms with Gasteiger partial charge in [0.2, 0.25) is 0 Å². The number of hydrazone groups is 1. The molecule has 3 aromatic carbocycles. The van der Waals surface area contributed by atoms with Crippen LogP contribution in [0.4, 0.5) is 0 Å². The fraction of sp³-hybridized carbons (Fsp3) is 0.194. The Balaban J connectivity index is 1.45. The summed E-state index contributed by atoms with van der Waals surface area (Å²) in [6, 6.07) is 18.9. The molecule has 1 heterocycles. The summed E-state index contributed by atoms with van der Waals surface area (Å²) in [7, 11) is 0. The Morgan fingerprint density at radius 1 is 1.18 bits per heavy atom. The highest BCUT2D eigenvalue weighted by Crippen LogP contribution is 2.34. The Labute approximate surface area is 273 Å². The molecule has 3 N–H and O–H groups in total. The summed E-state index contributed by atoms with van der Waals surface area (Å²) >= 11 is 15.0. The van der Waals surface area contributed by atoms with Crippen molar-refractivity contribution >= 4 is 63.0 Å². The van der Waals surface area contributed by atoms with E-state index in [1.54, 1.807) is 68.4 Å². The zero-order valence-electron chi connectivity index (χ0n) is 23.6. The lowest BCUT2D eigenvalue weighted by atomic mass is 9.95. The second kappa shape index (κ2) is 15.3. The number of hydrogen-bond acceptors (Lipinski definition) is 8. The van der Waals surface area contributed by atoms with Crippen LogP contribution in [0.15, 0.2) is 81.5 Å². The first kappa shape index (κ1) is 32.5. The van der Waals surface area contributed by atoms with Gasteiger partial charge in [-0.1, -0.05) is 48.0 Å². The van der Waals surface area contributed by atoms with Crippen molar-refractivity contribution in [2.45, 2.75) is 26.5 Å². The van der Waals surface area contributed by atoms with Crippen LogP contribution in [0.3, 0.4) is 0 Å². The van der Waals surface area contributed by atoms with Crippen molar-refractivity contribution in [1.82, 2.24) is 16.1 Å². The van der Waals surface area contributed by atoms with Crippen LogP contribution in [0.25, 0.3) is 0 Å². The Hall–Kier alpha value is -4.44. The molecule has 3 aromatic rings. The summed E-state index contributed by atoms with van der Waals surface area (Å²) in [6.07, 6.45) is 1.40. The molecule has 4 rings (SSSR count). The largest absolute Gasteiger partial charge is 0.487 e. The number of carbonyl (C=O) groups is 2. The number of rotatable bonds is 11. The maximum absolute atomic E-state index is 12.8. The Morgan fingerprint density at radius 3 is 2.70 bits per heavy atom. The third-order valence-corrected chi connectivity index (χ3v) is 7.32. The van der Waals surface area contributed by atoms with Crippen molar-refractivity contribution in [1.29, 1.82) is 5.26 Å². The van der Waals surface area contributed by atoms with Crippen LogP contribution in [-0.4, -0.2) is 36.4 Å². The van der Waals surface area contributed by atoms with Crippen molar-refractivity contribution < 1.29 is 23.8 Å². The molecule has 0 saturated carbocycles. The summed E-state index contributed by atoms with van der Waals surface area (Å²) < 4.78 is 17.7. The highest BCUT2D eigenvalue weighted by Gasteiger charge is 2.32. The number of amides is 1. The summed E-state index contributed by atoms with van der Waals surface area (Å²) in [5, 5.41) is 20.2. The molecular formula is C31H27BrClN5O5S. The van der Waals surface area contributed by atoms with Gasteiger partial charge in [0, 0.05) is 27.4 Å². The third kappa shape index (κ3) is 8.13. The molecule has 1 aliphatic rings. The van der Waals surface area contributed by atoms with E-state index in [1.165, 1.54) is 6.21 Å². The monoisotopic (exact) mass is 695 g/mol. The zero-order valence-corrected chi connectivity index (χ0v) is 26.8. The van der Waals surface area contributed by atoms with Gasteiger partial charge in [-0.3, -0.25) is 4.79 Å². The second-order valence-corrected chi connectivity index (χ2v) is 11.0. The number of nitriles is 1. The minimum absolute atomic E-state index is 0.133. The van der Waals surface area contributed by atoms with E-state index in [0.29, 0.717) is 59.6 Å². The van der Waals surface area contributed by atoms with Crippen LogP contribution in [-0.2, 0) is 20.9 Å². The van der Waals surface area contributed by atoms with E-state index >= 15 is 0 Å². The van der Waals surface area contributed by atoms with Crippen LogP contribution in [0.1, 0.15) is 42.1 Å². The van der Waals surface area contributed by atoms with Crippen LogP contribution in [0, 0.1) is 11.3 Å². The predicted octanol–water partition coefficient (Wildman–Crippen LogP) is 5.44. The lowest BCUT2D eigenvalue weighted by Gasteiger charge is -2.30. The number of thiocarbonyl (C=S) groups is 1. The smallest absolute Gasteiger partial charge is 0.338 e. The molecule has 0 aliphatic carbocycles. The average molecular weight is 697 g/mol. The van der Waals surface area contributed by atoms with E-state index < -0.39 is 17.9 Å². The summed E-state index contributed by atoms with van der Waals surface area (Å²) in [5.41, 5.74) is 5.66. The van der Waals surface area contributed by atoms with E-state index in [4.69, 9.17) is 38.0 Å². The van der Waals surface area contributed by atoms with Gasteiger partial charge in [-0.25, -0.2) is 10.2 Å². The van der Waals surface area contributed by atoms with Gasteiger partial charge in [0.1, 0.15) is 18.1 Å². The Kier molecular flexibility index (Phi) is 11.3. The number of nitrogens with one attached hydrogen (secondary N) is 3. The molecule has 10 nitrogen and oxygen atoms in total. The Bertz CT molecular complexity index is 1690. The molecule has 1 amide bonds. The average Bonchev–Trinajstić information content (AvgIpc) is 2.99. The van der Waals surface area contributed by atoms with E-state index in [2.05, 4.69) is 43.2 Å². The fourth-order valence-electron chi connectivity index (χ4n) is 4.34. The first-order chi connectivity index (χ1) is 21.2. The molecule has 226 valence electrons. The molecule has 1 atom stereocenters. The predicted molar refractivity (Wildman–Crippen MR) is 173 cm³/mol. The van der Waals surface area contributed by atoms with Gasteiger partial charge >= 0.3 is 5.97 Å². The standard InChI is InChI=1S/C31H27BrClN5O5S/c1-3-41-30(40)27-18(2)36-31(44)37-28(27)23-10-6-7-11-25(23)42-17-26(39)38-35-15-21-12-22(33)13-24(32)29(21)43-16-20-9-5-4-8-19(20)14-34/h4-13,15,28H,3,16-17H2,1-2H3,(H,38,39)(H2,36,37,44)/t28-/m0/s1. The molecule has 0 radical (unpaired) electrons. The molecule has 0 fully saturated rings. The normalized spacial score (nSPS) is 14.3. The van der Waals surface area contributed by atoms with E-state index in [0.717, 1.165) is 0 Å². The molecule has 0 unspecified atom stereocenters. The van der Waals surface area contributed by atoms with Gasteiger partial charge in [0.15, 0.2) is 11.7 Å². The van der Waals surface area contributed by atoms with Gasteiger partial charge in [0.25, 0.3) is 5.91 Å². The number of nitrogens with zero attached hydrogens (tertiary/aromatic N) is 2. The van der Waals surface area contributed by atoms with Crippen LogP contribution < -0.4 is 25.5 Å². The first-order valence-corrected chi connectivity index (χ1v) is 14.9. The summed E-state index contributed by atoms with van der Waals surface area (Å²) in [6.45, 7) is 3.44. The van der Waals surface area contributed by atoms with E-state index in [9.17, 15) is 14.9 Å². The number of carbonyl (C=O) groups excluding carboxylic acids is 2. The molecule has 0 spiro atoms. The number of allylic oxidation sites excluding steroid dienone is 1. The van der Waals surface area contributed by atoms with Crippen molar-refractivity contribution in [3.05, 3.63) is 104 Å². The van der Waals surface area contributed by atoms with Gasteiger partial charge < -0.3 is 24.8 Å². The van der Waals surface area contributed by atoms with Crippen molar-refractivity contribution in [2.24, 2.45) is 5.10 Å². The Morgan fingerprint density at radius 2 is 1.93 bits per heavy atom. The zero-order chi connectivity index (χ0) is 31.6. The van der Waals surface area contributed by atoms with Crippen molar-refractivity contribution in [3.8, 4) is 17.6 Å². The molecule has 0 aromatic heterocycles. The van der Waals surface area contributed by atoms with E-state index in [-0.39, 0.29) is 19.8 Å².